The Morgan fingerprint density at radius 3 is 2.80 bits per heavy atom. The van der Waals surface area contributed by atoms with Crippen molar-refractivity contribution in [2.24, 2.45) is 0 Å². The zero-order chi connectivity index (χ0) is 17.4. The molecule has 1 aromatic carbocycles. The highest BCUT2D eigenvalue weighted by atomic mass is 35.5. The molecule has 1 saturated heterocycles. The molecule has 0 N–H and O–H groups in total. The number of rotatable bonds is 3. The van der Waals surface area contributed by atoms with Crippen LogP contribution in [0.2, 0.25) is 5.02 Å². The Balaban J connectivity index is 1.75. The number of amides is 1. The number of carbonyl (C=O) groups is 1. The van der Waals surface area contributed by atoms with Gasteiger partial charge in [0.1, 0.15) is 5.69 Å². The molecule has 0 aliphatic carbocycles. The second kappa shape index (κ2) is 6.83. The van der Waals surface area contributed by atoms with Gasteiger partial charge in [0.25, 0.3) is 5.91 Å². The average Bonchev–Trinajstić information content (AvgIpc) is 3.12. The van der Waals surface area contributed by atoms with Crippen LogP contribution in [0.15, 0.2) is 36.4 Å². The molecule has 4 nitrogen and oxygen atoms in total. The van der Waals surface area contributed by atoms with Gasteiger partial charge in [-0.25, -0.2) is 0 Å². The largest absolute Gasteiger partial charge is 0.378 e. The standard InChI is InChI=1S/C19H19ClN2O2S/c1-13-9-16-18(25-13)11-17(19(23)21-5-7-24-8-6-21)22(16)12-14-3-2-4-15(20)10-14/h2-4,9-11H,5-8,12H2,1H3. The van der Waals surface area contributed by atoms with Crippen LogP contribution in [0, 0.1) is 6.92 Å². The first-order chi connectivity index (χ1) is 12.1. The fraction of sp³-hybridized carbons (Fsp3) is 0.316. The molecule has 1 amide bonds. The molecule has 1 aliphatic heterocycles. The Bertz CT molecular complexity index is 925. The first-order valence-electron chi connectivity index (χ1n) is 8.33. The van der Waals surface area contributed by atoms with Crippen LogP contribution >= 0.6 is 22.9 Å². The zero-order valence-corrected chi connectivity index (χ0v) is 15.6. The molecule has 4 rings (SSSR count). The Labute approximate surface area is 155 Å². The number of hydrogen-bond acceptors (Lipinski definition) is 3. The van der Waals surface area contributed by atoms with Crippen molar-refractivity contribution in [1.82, 2.24) is 9.47 Å². The monoisotopic (exact) mass is 374 g/mol. The average molecular weight is 375 g/mol. The van der Waals surface area contributed by atoms with Gasteiger partial charge in [0, 0.05) is 29.5 Å². The lowest BCUT2D eigenvalue weighted by molar-refractivity contribution is 0.0296. The third-order valence-electron chi connectivity index (χ3n) is 4.46. The molecule has 0 spiro atoms. The highest BCUT2D eigenvalue weighted by Crippen LogP contribution is 2.30. The van der Waals surface area contributed by atoms with Crippen LogP contribution in [0.4, 0.5) is 0 Å². The third-order valence-corrected chi connectivity index (χ3v) is 5.68. The highest BCUT2D eigenvalue weighted by Gasteiger charge is 2.24. The van der Waals surface area contributed by atoms with Gasteiger partial charge in [-0.1, -0.05) is 23.7 Å². The zero-order valence-electron chi connectivity index (χ0n) is 14.0. The molecular formula is C19H19ClN2O2S. The van der Waals surface area contributed by atoms with Gasteiger partial charge in [-0.2, -0.15) is 0 Å². The van der Waals surface area contributed by atoms with E-state index in [-0.39, 0.29) is 5.91 Å². The normalized spacial score (nSPS) is 15.0. The lowest BCUT2D eigenvalue weighted by atomic mass is 10.2. The molecule has 2 aromatic heterocycles. The number of nitrogens with zero attached hydrogens (tertiary/aromatic N) is 2. The summed E-state index contributed by atoms with van der Waals surface area (Å²) in [7, 11) is 0. The highest BCUT2D eigenvalue weighted by molar-refractivity contribution is 7.19. The van der Waals surface area contributed by atoms with Gasteiger partial charge in [-0.3, -0.25) is 4.79 Å². The van der Waals surface area contributed by atoms with Crippen LogP contribution in [0.25, 0.3) is 10.2 Å². The Morgan fingerprint density at radius 1 is 1.24 bits per heavy atom. The Hall–Kier alpha value is -1.82. The van der Waals surface area contributed by atoms with Crippen molar-refractivity contribution >= 4 is 39.1 Å². The molecule has 0 bridgehead atoms. The summed E-state index contributed by atoms with van der Waals surface area (Å²) in [6.07, 6.45) is 0. The third kappa shape index (κ3) is 3.32. The van der Waals surface area contributed by atoms with Gasteiger partial charge < -0.3 is 14.2 Å². The number of morpholine rings is 1. The SMILES string of the molecule is Cc1cc2c(cc(C(=O)N3CCOCC3)n2Cc2cccc(Cl)c2)s1. The number of halogens is 1. The van der Waals surface area contributed by atoms with Crippen molar-refractivity contribution in [1.29, 1.82) is 0 Å². The van der Waals surface area contributed by atoms with E-state index in [9.17, 15) is 4.79 Å². The van der Waals surface area contributed by atoms with Gasteiger partial charge in [-0.15, -0.1) is 11.3 Å². The summed E-state index contributed by atoms with van der Waals surface area (Å²) >= 11 is 7.86. The van der Waals surface area contributed by atoms with Crippen molar-refractivity contribution in [2.45, 2.75) is 13.5 Å². The molecule has 0 saturated carbocycles. The van der Waals surface area contributed by atoms with Crippen molar-refractivity contribution in [3.8, 4) is 0 Å². The molecule has 0 unspecified atom stereocenters. The van der Waals surface area contributed by atoms with Crippen LogP contribution < -0.4 is 0 Å². The lowest BCUT2D eigenvalue weighted by Crippen LogP contribution is -2.41. The predicted octanol–water partition coefficient (Wildman–Crippen LogP) is 4.19. The first kappa shape index (κ1) is 16.6. The van der Waals surface area contributed by atoms with Gasteiger partial charge >= 0.3 is 0 Å². The topological polar surface area (TPSA) is 34.5 Å². The first-order valence-corrected chi connectivity index (χ1v) is 9.52. The van der Waals surface area contributed by atoms with Crippen molar-refractivity contribution < 1.29 is 9.53 Å². The molecule has 130 valence electrons. The minimum Gasteiger partial charge on any atom is -0.378 e. The van der Waals surface area contributed by atoms with Crippen LogP contribution in [0.5, 0.6) is 0 Å². The predicted molar refractivity (Wildman–Crippen MR) is 102 cm³/mol. The molecule has 1 aliphatic rings. The minimum atomic E-state index is 0.0754. The summed E-state index contributed by atoms with van der Waals surface area (Å²) < 4.78 is 8.63. The molecule has 3 heterocycles. The quantitative estimate of drug-likeness (QED) is 0.689. The number of thiophene rings is 1. The van der Waals surface area contributed by atoms with Crippen LogP contribution in [-0.2, 0) is 11.3 Å². The van der Waals surface area contributed by atoms with E-state index >= 15 is 0 Å². The van der Waals surface area contributed by atoms with E-state index in [0.29, 0.717) is 37.9 Å². The minimum absolute atomic E-state index is 0.0754. The maximum Gasteiger partial charge on any atom is 0.270 e. The molecule has 3 aromatic rings. The number of aromatic nitrogens is 1. The van der Waals surface area contributed by atoms with Crippen molar-refractivity contribution in [3.63, 3.8) is 0 Å². The van der Waals surface area contributed by atoms with E-state index in [1.807, 2.05) is 35.2 Å². The molecule has 0 atom stereocenters. The second-order valence-corrected chi connectivity index (χ2v) is 7.98. The van der Waals surface area contributed by atoms with Crippen molar-refractivity contribution in [2.75, 3.05) is 26.3 Å². The van der Waals surface area contributed by atoms with E-state index in [4.69, 9.17) is 16.3 Å². The number of aryl methyl sites for hydroxylation is 1. The van der Waals surface area contributed by atoms with Crippen LogP contribution in [0.1, 0.15) is 20.9 Å². The van der Waals surface area contributed by atoms with Gasteiger partial charge in [0.2, 0.25) is 0 Å². The Morgan fingerprint density at radius 2 is 2.04 bits per heavy atom. The Kier molecular flexibility index (Phi) is 4.54. The number of benzene rings is 1. The maximum absolute atomic E-state index is 13.1. The number of fused-ring (bicyclic) bond motifs is 1. The molecule has 25 heavy (non-hydrogen) atoms. The van der Waals surface area contributed by atoms with E-state index in [0.717, 1.165) is 21.5 Å². The van der Waals surface area contributed by atoms with E-state index in [1.165, 1.54) is 4.88 Å². The summed E-state index contributed by atoms with van der Waals surface area (Å²) in [5.74, 6) is 0.0754. The second-order valence-electron chi connectivity index (χ2n) is 6.26. The van der Waals surface area contributed by atoms with Gasteiger partial charge in [0.05, 0.1) is 23.4 Å². The smallest absolute Gasteiger partial charge is 0.270 e. The van der Waals surface area contributed by atoms with E-state index in [1.54, 1.807) is 11.3 Å². The van der Waals surface area contributed by atoms with Gasteiger partial charge in [-0.05, 0) is 36.8 Å². The maximum atomic E-state index is 13.1. The number of carbonyl (C=O) groups excluding carboxylic acids is 1. The summed E-state index contributed by atoms with van der Waals surface area (Å²) in [4.78, 5) is 16.2. The summed E-state index contributed by atoms with van der Waals surface area (Å²) in [6, 6.07) is 12.0. The van der Waals surface area contributed by atoms with Crippen LogP contribution in [-0.4, -0.2) is 41.7 Å². The van der Waals surface area contributed by atoms with E-state index < -0.39 is 0 Å². The summed E-state index contributed by atoms with van der Waals surface area (Å²) in [6.45, 7) is 5.23. The molecule has 6 heteroatoms. The summed E-state index contributed by atoms with van der Waals surface area (Å²) in [5, 5.41) is 0.712. The van der Waals surface area contributed by atoms with Crippen LogP contribution in [0.3, 0.4) is 0 Å². The number of hydrogen-bond donors (Lipinski definition) is 0. The molecule has 0 radical (unpaired) electrons. The van der Waals surface area contributed by atoms with Gasteiger partial charge in [0.15, 0.2) is 0 Å². The molecule has 1 fully saturated rings. The summed E-state index contributed by atoms with van der Waals surface area (Å²) in [5.41, 5.74) is 2.94. The fourth-order valence-electron chi connectivity index (χ4n) is 3.26. The van der Waals surface area contributed by atoms with E-state index in [2.05, 4.69) is 17.6 Å². The lowest BCUT2D eigenvalue weighted by Gasteiger charge is -2.27. The number of ether oxygens (including phenoxy) is 1. The fourth-order valence-corrected chi connectivity index (χ4v) is 4.43. The van der Waals surface area contributed by atoms with Crippen molar-refractivity contribution in [3.05, 3.63) is 57.6 Å². The molecular weight excluding hydrogens is 356 g/mol.